The topological polar surface area (TPSA) is 0 Å². The molecule has 0 aromatic heterocycles. The van der Waals surface area contributed by atoms with Crippen molar-refractivity contribution in [3.63, 3.8) is 0 Å². The summed E-state index contributed by atoms with van der Waals surface area (Å²) >= 11 is 4.41. The maximum absolute atomic E-state index is 6.62. The number of rotatable bonds is 3. The molecule has 3 aromatic rings. The molecule has 0 aliphatic heterocycles. The van der Waals surface area contributed by atoms with Crippen LogP contribution in [0.1, 0.15) is 40.6 Å². The monoisotopic (exact) mass is 544 g/mol. The number of benzene rings is 3. The van der Waals surface area contributed by atoms with Gasteiger partial charge in [0, 0.05) is 0 Å². The molecule has 0 radical (unpaired) electrons. The maximum Gasteiger partial charge on any atom is -0.147 e. The number of hydrogen-bond donors (Lipinski definition) is 0. The normalized spacial score (nSPS) is 13.9. The molecule has 0 unspecified atom stereocenters. The summed E-state index contributed by atoms with van der Waals surface area (Å²) in [5.74, 6) is 0. The van der Waals surface area contributed by atoms with Gasteiger partial charge in [0.2, 0.25) is 0 Å². The molecular formula is C27H25Cl3Zr. The van der Waals surface area contributed by atoms with E-state index in [0.717, 1.165) is 11.4 Å². The zero-order chi connectivity index (χ0) is 20.0. The molecule has 2 aliphatic rings. The SMILES string of the molecule is C[C](C)=[Zr]([C]1=C(c2ccccc2Cl)C=CC1)[CH]1c2ccccc2-c2ccccc21.Cl.Cl. The molecule has 0 N–H and O–H groups in total. The van der Waals surface area contributed by atoms with Crippen LogP contribution in [0.15, 0.2) is 88.2 Å². The van der Waals surface area contributed by atoms with Gasteiger partial charge in [-0.1, -0.05) is 0 Å². The Morgan fingerprint density at radius 1 is 0.774 bits per heavy atom. The molecule has 0 spiro atoms. The van der Waals surface area contributed by atoms with Gasteiger partial charge in [0.1, 0.15) is 0 Å². The Labute approximate surface area is 210 Å². The Bertz CT molecular complexity index is 1170. The predicted molar refractivity (Wildman–Crippen MR) is 137 cm³/mol. The average molecular weight is 547 g/mol. The van der Waals surface area contributed by atoms with Crippen molar-refractivity contribution in [1.82, 2.24) is 0 Å². The molecule has 0 saturated heterocycles. The Kier molecular flexibility index (Phi) is 7.98. The van der Waals surface area contributed by atoms with Crippen LogP contribution in [0.25, 0.3) is 16.7 Å². The van der Waals surface area contributed by atoms with E-state index >= 15 is 0 Å². The van der Waals surface area contributed by atoms with Crippen LogP contribution >= 0.6 is 36.4 Å². The largest absolute Gasteiger partial charge is 0.147 e. The Hall–Kier alpha value is -1.24. The van der Waals surface area contributed by atoms with E-state index in [0.29, 0.717) is 3.63 Å². The quantitative estimate of drug-likeness (QED) is 0.309. The van der Waals surface area contributed by atoms with Gasteiger partial charge in [0.05, 0.1) is 0 Å². The van der Waals surface area contributed by atoms with E-state index in [2.05, 4.69) is 86.7 Å². The molecule has 3 aromatic carbocycles. The van der Waals surface area contributed by atoms with Crippen molar-refractivity contribution in [3.8, 4) is 11.1 Å². The fourth-order valence-electron chi connectivity index (χ4n) is 4.92. The summed E-state index contributed by atoms with van der Waals surface area (Å²) in [5, 5.41) is 0.857. The minimum atomic E-state index is -2.21. The molecule has 5 rings (SSSR count). The number of fused-ring (bicyclic) bond motifs is 3. The second-order valence-corrected chi connectivity index (χ2v) is 15.8. The van der Waals surface area contributed by atoms with Crippen LogP contribution in [-0.4, -0.2) is 3.21 Å². The fraction of sp³-hybridized carbons (Fsp3) is 0.148. The second kappa shape index (κ2) is 10.1. The van der Waals surface area contributed by atoms with Crippen molar-refractivity contribution in [1.29, 1.82) is 0 Å². The standard InChI is InChI=1S/C13H9.C11H8Cl.C3H6.2ClH.Zr/c1-3-7-12-10(5-1)9-11-6-2-4-8-13(11)12;12-11-8-4-3-7-10(11)9-5-1-2-6-9;1-3-2;;;/h1-9H;1,3-5,7-8H,2H2;1-2H3;2*1H;. The maximum atomic E-state index is 6.62. The molecular weight excluding hydrogens is 522 g/mol. The van der Waals surface area contributed by atoms with Crippen molar-refractivity contribution in [2.24, 2.45) is 0 Å². The summed E-state index contributed by atoms with van der Waals surface area (Å²) in [5.41, 5.74) is 8.49. The van der Waals surface area contributed by atoms with Crippen molar-refractivity contribution >= 4 is 45.2 Å². The molecule has 0 fully saturated rings. The molecule has 0 heterocycles. The van der Waals surface area contributed by atoms with Gasteiger partial charge in [0.15, 0.2) is 0 Å². The van der Waals surface area contributed by atoms with Crippen molar-refractivity contribution < 1.29 is 21.3 Å². The third-order valence-corrected chi connectivity index (χ3v) is 14.8. The zero-order valence-electron chi connectivity index (χ0n) is 17.6. The van der Waals surface area contributed by atoms with E-state index in [4.69, 9.17) is 11.6 Å². The predicted octanol–water partition coefficient (Wildman–Crippen LogP) is 8.45. The van der Waals surface area contributed by atoms with E-state index in [1.54, 1.807) is 6.49 Å². The Balaban J connectivity index is 0.00000136. The van der Waals surface area contributed by atoms with E-state index in [1.807, 2.05) is 12.1 Å². The van der Waals surface area contributed by atoms with Gasteiger partial charge in [-0.25, -0.2) is 0 Å². The minimum absolute atomic E-state index is 0. The summed E-state index contributed by atoms with van der Waals surface area (Å²) in [6, 6.07) is 26.4. The van der Waals surface area contributed by atoms with Crippen LogP contribution < -0.4 is 0 Å². The molecule has 0 amide bonds. The minimum Gasteiger partial charge on any atom is -0.147 e. The molecule has 4 heteroatoms. The molecule has 0 saturated carbocycles. The fourth-order valence-corrected chi connectivity index (χ4v) is 13.8. The molecule has 0 nitrogen and oxygen atoms in total. The summed E-state index contributed by atoms with van der Waals surface area (Å²) < 4.78 is 3.87. The van der Waals surface area contributed by atoms with Gasteiger partial charge >= 0.3 is 187 Å². The molecule has 31 heavy (non-hydrogen) atoms. The van der Waals surface area contributed by atoms with Gasteiger partial charge in [-0.05, 0) is 0 Å². The van der Waals surface area contributed by atoms with E-state index in [-0.39, 0.29) is 24.8 Å². The smallest absolute Gasteiger partial charge is 0.147 e. The van der Waals surface area contributed by atoms with Crippen molar-refractivity contribution in [2.75, 3.05) is 0 Å². The first-order valence-corrected chi connectivity index (χ1v) is 14.4. The zero-order valence-corrected chi connectivity index (χ0v) is 22.4. The van der Waals surface area contributed by atoms with Gasteiger partial charge in [0.25, 0.3) is 0 Å². The number of allylic oxidation sites excluding steroid dienone is 4. The van der Waals surface area contributed by atoms with Gasteiger partial charge in [-0.15, -0.1) is 24.8 Å². The third kappa shape index (κ3) is 4.23. The van der Waals surface area contributed by atoms with Crippen molar-refractivity contribution in [3.05, 3.63) is 110 Å². The first kappa shape index (κ1) is 24.4. The van der Waals surface area contributed by atoms with Crippen LogP contribution in [0.4, 0.5) is 0 Å². The summed E-state index contributed by atoms with van der Waals surface area (Å²) in [7, 11) is 0. The van der Waals surface area contributed by atoms with Crippen LogP contribution in [0, 0.1) is 0 Å². The van der Waals surface area contributed by atoms with Gasteiger partial charge < -0.3 is 0 Å². The third-order valence-electron chi connectivity index (χ3n) is 6.08. The first-order valence-electron chi connectivity index (χ1n) is 10.2. The molecule has 0 atom stereocenters. The van der Waals surface area contributed by atoms with Crippen LogP contribution in [0.3, 0.4) is 0 Å². The van der Waals surface area contributed by atoms with Gasteiger partial charge in [-0.3, -0.25) is 0 Å². The first-order chi connectivity index (χ1) is 14.2. The summed E-state index contributed by atoms with van der Waals surface area (Å²) in [6.45, 7) is 4.74. The summed E-state index contributed by atoms with van der Waals surface area (Å²) in [4.78, 5) is 0. The Morgan fingerprint density at radius 2 is 1.29 bits per heavy atom. The van der Waals surface area contributed by atoms with Crippen LogP contribution in [0.2, 0.25) is 5.02 Å². The van der Waals surface area contributed by atoms with Crippen molar-refractivity contribution in [2.45, 2.75) is 23.9 Å². The molecule has 0 bridgehead atoms. The van der Waals surface area contributed by atoms with E-state index in [1.165, 1.54) is 33.4 Å². The number of halogens is 3. The Morgan fingerprint density at radius 3 is 1.84 bits per heavy atom. The van der Waals surface area contributed by atoms with E-state index < -0.39 is 21.3 Å². The number of hydrogen-bond acceptors (Lipinski definition) is 0. The second-order valence-electron chi connectivity index (χ2n) is 8.00. The average Bonchev–Trinajstić information content (AvgIpc) is 3.33. The van der Waals surface area contributed by atoms with Crippen LogP contribution in [-0.2, 0) is 21.3 Å². The van der Waals surface area contributed by atoms with Gasteiger partial charge in [-0.2, -0.15) is 0 Å². The molecule has 2 aliphatic carbocycles. The summed E-state index contributed by atoms with van der Waals surface area (Å²) in [6.07, 6.45) is 5.72. The van der Waals surface area contributed by atoms with Crippen LogP contribution in [0.5, 0.6) is 0 Å². The van der Waals surface area contributed by atoms with E-state index in [9.17, 15) is 0 Å². The molecule has 158 valence electrons.